The summed E-state index contributed by atoms with van der Waals surface area (Å²) in [4.78, 5) is 2.58. The van der Waals surface area contributed by atoms with Crippen LogP contribution in [-0.4, -0.2) is 16.0 Å². The monoisotopic (exact) mass is 350 g/mol. The molecule has 1 atom stereocenters. The van der Waals surface area contributed by atoms with Crippen LogP contribution >= 0.6 is 11.6 Å². The van der Waals surface area contributed by atoms with Crippen molar-refractivity contribution in [3.63, 3.8) is 0 Å². The molecule has 0 saturated carbocycles. The Morgan fingerprint density at radius 3 is 2.64 bits per heavy atom. The SMILES string of the molecule is Cc1ccc(CN2CCCn3cccc3[C@H]2c2cccc(Cl)c2)cc1. The molecule has 0 saturated heterocycles. The van der Waals surface area contributed by atoms with Crippen molar-refractivity contribution >= 4 is 11.6 Å². The van der Waals surface area contributed by atoms with Crippen molar-refractivity contribution in [1.82, 2.24) is 9.47 Å². The number of aryl methyl sites for hydroxylation is 2. The summed E-state index contributed by atoms with van der Waals surface area (Å²) < 4.78 is 2.39. The van der Waals surface area contributed by atoms with Gasteiger partial charge in [0, 0.05) is 36.5 Å². The highest BCUT2D eigenvalue weighted by molar-refractivity contribution is 6.30. The van der Waals surface area contributed by atoms with Crippen LogP contribution in [0.5, 0.6) is 0 Å². The third-order valence-corrected chi connectivity index (χ3v) is 5.26. The third-order valence-electron chi connectivity index (χ3n) is 5.02. The van der Waals surface area contributed by atoms with Gasteiger partial charge in [0.2, 0.25) is 0 Å². The van der Waals surface area contributed by atoms with Gasteiger partial charge in [-0.3, -0.25) is 4.90 Å². The third kappa shape index (κ3) is 3.51. The average Bonchev–Trinajstić information content (AvgIpc) is 2.98. The second-order valence-electron chi connectivity index (χ2n) is 6.89. The van der Waals surface area contributed by atoms with Crippen LogP contribution in [0.15, 0.2) is 66.9 Å². The highest BCUT2D eigenvalue weighted by Crippen LogP contribution is 2.34. The van der Waals surface area contributed by atoms with Crippen molar-refractivity contribution in [3.05, 3.63) is 94.3 Å². The molecule has 128 valence electrons. The molecule has 2 nitrogen and oxygen atoms in total. The zero-order valence-electron chi connectivity index (χ0n) is 14.5. The van der Waals surface area contributed by atoms with Crippen molar-refractivity contribution in [3.8, 4) is 0 Å². The molecule has 2 heterocycles. The molecular weight excluding hydrogens is 328 g/mol. The van der Waals surface area contributed by atoms with Crippen molar-refractivity contribution in [2.24, 2.45) is 0 Å². The van der Waals surface area contributed by atoms with E-state index in [0.29, 0.717) is 0 Å². The minimum atomic E-state index is 0.234. The van der Waals surface area contributed by atoms with Crippen LogP contribution < -0.4 is 0 Å². The van der Waals surface area contributed by atoms with E-state index in [-0.39, 0.29) is 6.04 Å². The van der Waals surface area contributed by atoms with E-state index in [0.717, 1.165) is 31.1 Å². The highest BCUT2D eigenvalue weighted by atomic mass is 35.5. The second-order valence-corrected chi connectivity index (χ2v) is 7.33. The van der Waals surface area contributed by atoms with E-state index in [9.17, 15) is 0 Å². The number of halogens is 1. The topological polar surface area (TPSA) is 8.17 Å². The van der Waals surface area contributed by atoms with Gasteiger partial charge in [-0.05, 0) is 48.7 Å². The summed E-state index contributed by atoms with van der Waals surface area (Å²) in [6.45, 7) is 5.23. The summed E-state index contributed by atoms with van der Waals surface area (Å²) >= 11 is 6.31. The Balaban J connectivity index is 1.74. The molecule has 3 aromatic rings. The Morgan fingerprint density at radius 2 is 1.84 bits per heavy atom. The van der Waals surface area contributed by atoms with E-state index in [1.54, 1.807) is 0 Å². The first-order valence-corrected chi connectivity index (χ1v) is 9.28. The van der Waals surface area contributed by atoms with Gasteiger partial charge in [-0.1, -0.05) is 53.6 Å². The van der Waals surface area contributed by atoms with Gasteiger partial charge in [-0.2, -0.15) is 0 Å². The first kappa shape index (κ1) is 16.4. The Labute approximate surface area is 154 Å². The standard InChI is InChI=1S/C22H23ClN2/c1-17-8-10-18(11-9-17)16-25-14-4-13-24-12-3-7-21(24)22(25)19-5-2-6-20(23)15-19/h2-3,5-12,15,22H,4,13-14,16H2,1H3/t22-/m1/s1. The zero-order valence-corrected chi connectivity index (χ0v) is 15.3. The van der Waals surface area contributed by atoms with Crippen LogP contribution in [0.3, 0.4) is 0 Å². The first-order valence-electron chi connectivity index (χ1n) is 8.91. The van der Waals surface area contributed by atoms with Crippen molar-refractivity contribution in [2.45, 2.75) is 32.5 Å². The minimum Gasteiger partial charge on any atom is -0.350 e. The number of hydrogen-bond donors (Lipinski definition) is 0. The fourth-order valence-electron chi connectivity index (χ4n) is 3.80. The summed E-state index contributed by atoms with van der Waals surface area (Å²) in [7, 11) is 0. The lowest BCUT2D eigenvalue weighted by molar-refractivity contribution is 0.220. The van der Waals surface area contributed by atoms with E-state index < -0.39 is 0 Å². The maximum absolute atomic E-state index is 6.31. The molecule has 2 aromatic carbocycles. The largest absolute Gasteiger partial charge is 0.350 e. The van der Waals surface area contributed by atoms with Crippen LogP contribution in [0.1, 0.15) is 34.8 Å². The molecule has 0 unspecified atom stereocenters. The molecule has 1 aromatic heterocycles. The lowest BCUT2D eigenvalue weighted by atomic mass is 10.0. The van der Waals surface area contributed by atoms with Gasteiger partial charge in [-0.25, -0.2) is 0 Å². The minimum absolute atomic E-state index is 0.234. The summed E-state index contributed by atoms with van der Waals surface area (Å²) in [6.07, 6.45) is 3.35. The Kier molecular flexibility index (Phi) is 4.65. The van der Waals surface area contributed by atoms with Gasteiger partial charge in [0.15, 0.2) is 0 Å². The lowest BCUT2D eigenvalue weighted by Gasteiger charge is -2.31. The number of rotatable bonds is 3. The van der Waals surface area contributed by atoms with E-state index in [1.165, 1.54) is 22.4 Å². The molecule has 0 amide bonds. The molecule has 4 rings (SSSR count). The maximum Gasteiger partial charge on any atom is 0.0759 e. The first-order chi connectivity index (χ1) is 12.2. The predicted octanol–water partition coefficient (Wildman–Crippen LogP) is 5.45. The second kappa shape index (κ2) is 7.07. The molecular formula is C22H23ClN2. The zero-order chi connectivity index (χ0) is 17.2. The maximum atomic E-state index is 6.31. The molecule has 0 fully saturated rings. The van der Waals surface area contributed by atoms with E-state index in [2.05, 4.69) is 77.2 Å². The Bertz CT molecular complexity index is 850. The molecule has 1 aliphatic heterocycles. The quantitative estimate of drug-likeness (QED) is 0.610. The van der Waals surface area contributed by atoms with Gasteiger partial charge in [0.25, 0.3) is 0 Å². The predicted molar refractivity (Wildman–Crippen MR) is 104 cm³/mol. The molecule has 0 bridgehead atoms. The average molecular weight is 351 g/mol. The normalized spacial score (nSPS) is 17.9. The number of benzene rings is 2. The number of hydrogen-bond acceptors (Lipinski definition) is 1. The van der Waals surface area contributed by atoms with E-state index >= 15 is 0 Å². The number of nitrogens with zero attached hydrogens (tertiary/aromatic N) is 2. The lowest BCUT2D eigenvalue weighted by Crippen LogP contribution is -2.29. The van der Waals surface area contributed by atoms with Gasteiger partial charge in [0.05, 0.1) is 6.04 Å². The molecule has 3 heteroatoms. The summed E-state index contributed by atoms with van der Waals surface area (Å²) in [5, 5.41) is 0.801. The van der Waals surface area contributed by atoms with Gasteiger partial charge < -0.3 is 4.57 Å². The van der Waals surface area contributed by atoms with Crippen LogP contribution in [0.2, 0.25) is 5.02 Å². The molecule has 25 heavy (non-hydrogen) atoms. The smallest absolute Gasteiger partial charge is 0.0759 e. The fourth-order valence-corrected chi connectivity index (χ4v) is 3.99. The number of aromatic nitrogens is 1. The number of fused-ring (bicyclic) bond motifs is 1. The van der Waals surface area contributed by atoms with Gasteiger partial charge >= 0.3 is 0 Å². The summed E-state index contributed by atoms with van der Waals surface area (Å²) in [6, 6.07) is 21.8. The molecule has 0 aliphatic carbocycles. The highest BCUT2D eigenvalue weighted by Gasteiger charge is 2.27. The Hall–Kier alpha value is -2.03. The molecule has 0 N–H and O–H groups in total. The molecule has 1 aliphatic rings. The summed E-state index contributed by atoms with van der Waals surface area (Å²) in [5.74, 6) is 0. The van der Waals surface area contributed by atoms with Gasteiger partial charge in [0.1, 0.15) is 0 Å². The molecule has 0 radical (unpaired) electrons. The molecule has 0 spiro atoms. The van der Waals surface area contributed by atoms with Crippen molar-refractivity contribution < 1.29 is 0 Å². The fraction of sp³-hybridized carbons (Fsp3) is 0.273. The van der Waals surface area contributed by atoms with Crippen LogP contribution in [0, 0.1) is 6.92 Å². The van der Waals surface area contributed by atoms with Crippen LogP contribution in [0.4, 0.5) is 0 Å². The van der Waals surface area contributed by atoms with Crippen molar-refractivity contribution in [2.75, 3.05) is 6.54 Å². The van der Waals surface area contributed by atoms with E-state index in [1.807, 2.05) is 6.07 Å². The van der Waals surface area contributed by atoms with Crippen LogP contribution in [0.25, 0.3) is 0 Å². The van der Waals surface area contributed by atoms with Crippen LogP contribution in [-0.2, 0) is 13.1 Å². The van der Waals surface area contributed by atoms with E-state index in [4.69, 9.17) is 11.6 Å². The Morgan fingerprint density at radius 1 is 1.00 bits per heavy atom. The summed E-state index contributed by atoms with van der Waals surface area (Å²) in [5.41, 5.74) is 5.28. The van der Waals surface area contributed by atoms with Gasteiger partial charge in [-0.15, -0.1) is 0 Å². The van der Waals surface area contributed by atoms with Crippen molar-refractivity contribution in [1.29, 1.82) is 0 Å².